The van der Waals surface area contributed by atoms with Crippen molar-refractivity contribution in [3.63, 3.8) is 0 Å². The summed E-state index contributed by atoms with van der Waals surface area (Å²) in [6, 6.07) is 0. The summed E-state index contributed by atoms with van der Waals surface area (Å²) in [5, 5.41) is 37.7. The predicted molar refractivity (Wildman–Crippen MR) is 60.6 cm³/mol. The number of rotatable bonds is 5. The van der Waals surface area contributed by atoms with E-state index in [1.54, 1.807) is 0 Å². The lowest BCUT2D eigenvalue weighted by molar-refractivity contribution is -0.329. The molecular formula is C11H18O8. The Bertz CT molecular complexity index is 318. The summed E-state index contributed by atoms with van der Waals surface area (Å²) in [7, 11) is 0. The minimum Gasteiger partial charge on any atom is -0.433 e. The summed E-state index contributed by atoms with van der Waals surface area (Å²) < 4.78 is 14.9. The average Bonchev–Trinajstić information content (AvgIpc) is 2.39. The predicted octanol–water partition coefficient (Wildman–Crippen LogP) is -2.12. The molecule has 0 spiro atoms. The number of esters is 1. The fraction of sp³-hybridized carbons (Fsp3) is 0.727. The molecule has 0 aromatic carbocycles. The van der Waals surface area contributed by atoms with Crippen molar-refractivity contribution in [1.82, 2.24) is 0 Å². The Morgan fingerprint density at radius 3 is 2.53 bits per heavy atom. The average molecular weight is 278 g/mol. The molecule has 19 heavy (non-hydrogen) atoms. The van der Waals surface area contributed by atoms with Crippen molar-refractivity contribution in [2.24, 2.45) is 0 Å². The second-order valence-corrected chi connectivity index (χ2v) is 4.04. The van der Waals surface area contributed by atoms with Gasteiger partial charge < -0.3 is 34.6 Å². The lowest BCUT2D eigenvalue weighted by Gasteiger charge is -2.40. The Morgan fingerprint density at radius 2 is 2.00 bits per heavy atom. The van der Waals surface area contributed by atoms with E-state index in [2.05, 4.69) is 6.58 Å². The second-order valence-electron chi connectivity index (χ2n) is 4.04. The second kappa shape index (κ2) is 6.94. The van der Waals surface area contributed by atoms with Crippen molar-refractivity contribution in [3.05, 3.63) is 12.7 Å². The fourth-order valence-corrected chi connectivity index (χ4v) is 1.61. The van der Waals surface area contributed by atoms with Gasteiger partial charge in [0.15, 0.2) is 6.29 Å². The maximum absolute atomic E-state index is 10.9. The normalized spacial score (nSPS) is 36.6. The number of aliphatic hydroxyl groups excluding tert-OH is 4. The molecular weight excluding hydrogens is 260 g/mol. The molecule has 0 aromatic heterocycles. The highest BCUT2D eigenvalue weighted by Gasteiger charge is 2.44. The molecule has 1 heterocycles. The summed E-state index contributed by atoms with van der Waals surface area (Å²) in [4.78, 5) is 10.9. The lowest BCUT2D eigenvalue weighted by Crippen LogP contribution is -2.59. The van der Waals surface area contributed by atoms with Crippen LogP contribution in [-0.4, -0.2) is 70.0 Å². The zero-order valence-electron chi connectivity index (χ0n) is 10.4. The van der Waals surface area contributed by atoms with Crippen LogP contribution in [0.2, 0.25) is 0 Å². The molecule has 8 nitrogen and oxygen atoms in total. The van der Waals surface area contributed by atoms with Gasteiger partial charge in [0.05, 0.1) is 6.61 Å². The third-order valence-corrected chi connectivity index (χ3v) is 2.62. The molecule has 1 aliphatic rings. The summed E-state index contributed by atoms with van der Waals surface area (Å²) in [6.07, 6.45) is -7.10. The quantitative estimate of drug-likeness (QED) is 0.255. The lowest BCUT2D eigenvalue weighted by atomic mass is 9.99. The Labute approximate surface area is 109 Å². The Hall–Kier alpha value is -1.03. The highest BCUT2D eigenvalue weighted by molar-refractivity contribution is 5.81. The van der Waals surface area contributed by atoms with Gasteiger partial charge in [-0.05, 0) is 6.92 Å². The maximum Gasteiger partial charge on any atom is 0.332 e. The molecule has 0 bridgehead atoms. The Kier molecular flexibility index (Phi) is 5.85. The highest BCUT2D eigenvalue weighted by atomic mass is 16.8. The molecule has 110 valence electrons. The van der Waals surface area contributed by atoms with Crippen LogP contribution >= 0.6 is 0 Å². The van der Waals surface area contributed by atoms with Gasteiger partial charge in [0.2, 0.25) is 6.29 Å². The highest BCUT2D eigenvalue weighted by Crippen LogP contribution is 2.23. The molecule has 0 aliphatic carbocycles. The van der Waals surface area contributed by atoms with Gasteiger partial charge in [0, 0.05) is 6.08 Å². The van der Waals surface area contributed by atoms with Crippen LogP contribution in [-0.2, 0) is 19.0 Å². The van der Waals surface area contributed by atoms with Crippen LogP contribution in [0.3, 0.4) is 0 Å². The Balaban J connectivity index is 2.61. The topological polar surface area (TPSA) is 126 Å². The minimum atomic E-state index is -1.54. The molecule has 6 atom stereocenters. The zero-order chi connectivity index (χ0) is 14.6. The van der Waals surface area contributed by atoms with Crippen LogP contribution in [0, 0.1) is 0 Å². The molecule has 1 aliphatic heterocycles. The van der Waals surface area contributed by atoms with Gasteiger partial charge in [-0.3, -0.25) is 0 Å². The van der Waals surface area contributed by atoms with Crippen molar-refractivity contribution in [2.75, 3.05) is 6.61 Å². The summed E-state index contributed by atoms with van der Waals surface area (Å²) >= 11 is 0. The van der Waals surface area contributed by atoms with Gasteiger partial charge in [-0.2, -0.15) is 0 Å². The number of carbonyl (C=O) groups excluding carboxylic acids is 1. The van der Waals surface area contributed by atoms with Gasteiger partial charge in [0.25, 0.3) is 0 Å². The van der Waals surface area contributed by atoms with Crippen LogP contribution in [0.4, 0.5) is 0 Å². The third-order valence-electron chi connectivity index (χ3n) is 2.62. The van der Waals surface area contributed by atoms with E-state index in [1.165, 1.54) is 6.92 Å². The minimum absolute atomic E-state index is 0.564. The van der Waals surface area contributed by atoms with Gasteiger partial charge in [-0.1, -0.05) is 6.58 Å². The Morgan fingerprint density at radius 1 is 1.37 bits per heavy atom. The first-order chi connectivity index (χ1) is 8.90. The number of hydrogen-bond donors (Lipinski definition) is 4. The van der Waals surface area contributed by atoms with Gasteiger partial charge >= 0.3 is 5.97 Å². The van der Waals surface area contributed by atoms with Crippen molar-refractivity contribution >= 4 is 5.97 Å². The van der Waals surface area contributed by atoms with Crippen molar-refractivity contribution in [3.8, 4) is 0 Å². The fourth-order valence-electron chi connectivity index (χ4n) is 1.61. The van der Waals surface area contributed by atoms with Crippen LogP contribution in [0.1, 0.15) is 6.92 Å². The number of carbonyl (C=O) groups is 1. The van der Waals surface area contributed by atoms with Gasteiger partial charge in [-0.15, -0.1) is 0 Å². The van der Waals surface area contributed by atoms with Crippen LogP contribution in [0.5, 0.6) is 0 Å². The van der Waals surface area contributed by atoms with E-state index in [9.17, 15) is 20.1 Å². The number of ether oxygens (including phenoxy) is 3. The van der Waals surface area contributed by atoms with E-state index in [0.717, 1.165) is 6.08 Å². The molecule has 4 N–H and O–H groups in total. The van der Waals surface area contributed by atoms with Crippen LogP contribution in [0.25, 0.3) is 0 Å². The van der Waals surface area contributed by atoms with Crippen molar-refractivity contribution in [1.29, 1.82) is 0 Å². The molecule has 0 radical (unpaired) electrons. The van der Waals surface area contributed by atoms with E-state index in [0.29, 0.717) is 0 Å². The van der Waals surface area contributed by atoms with Crippen molar-refractivity contribution in [2.45, 2.75) is 43.9 Å². The first-order valence-electron chi connectivity index (χ1n) is 5.69. The van der Waals surface area contributed by atoms with E-state index in [-0.39, 0.29) is 0 Å². The SMILES string of the molecule is C=CC(=O)OC(C)OC1O[C@H](CO)[C@H](O)[C@H](O)[C@H]1O. The van der Waals surface area contributed by atoms with E-state index in [4.69, 9.17) is 19.3 Å². The monoisotopic (exact) mass is 278 g/mol. The molecule has 0 saturated carbocycles. The molecule has 0 aromatic rings. The first-order valence-corrected chi connectivity index (χ1v) is 5.69. The largest absolute Gasteiger partial charge is 0.433 e. The van der Waals surface area contributed by atoms with Gasteiger partial charge in [-0.25, -0.2) is 4.79 Å². The van der Waals surface area contributed by atoms with Gasteiger partial charge in [0.1, 0.15) is 24.4 Å². The number of aliphatic hydroxyl groups is 4. The van der Waals surface area contributed by atoms with Crippen LogP contribution in [0.15, 0.2) is 12.7 Å². The molecule has 0 amide bonds. The number of hydrogen-bond acceptors (Lipinski definition) is 8. The smallest absolute Gasteiger partial charge is 0.332 e. The van der Waals surface area contributed by atoms with E-state index < -0.39 is 49.6 Å². The summed E-state index contributed by atoms with van der Waals surface area (Å²) in [6.45, 7) is 4.02. The molecule has 8 heteroatoms. The molecule has 1 rings (SSSR count). The summed E-state index contributed by atoms with van der Waals surface area (Å²) in [5.74, 6) is -0.725. The third kappa shape index (κ3) is 3.96. The van der Waals surface area contributed by atoms with Crippen molar-refractivity contribution < 1.29 is 39.4 Å². The first kappa shape index (κ1) is 16.0. The zero-order valence-corrected chi connectivity index (χ0v) is 10.4. The molecule has 1 fully saturated rings. The van der Waals surface area contributed by atoms with Crippen LogP contribution < -0.4 is 0 Å². The van der Waals surface area contributed by atoms with E-state index >= 15 is 0 Å². The summed E-state index contributed by atoms with van der Waals surface area (Å²) in [5.41, 5.74) is 0. The molecule has 1 saturated heterocycles. The standard InChI is InChI=1S/C11H18O8/c1-3-7(13)17-5(2)18-11-10(16)9(15)8(14)6(4-12)19-11/h3,5-6,8-12,14-16H,1,4H2,2H3/t5?,6-,8+,9+,10-,11?/m1/s1. The molecule has 2 unspecified atom stereocenters. The van der Waals surface area contributed by atoms with E-state index in [1.807, 2.05) is 0 Å². The maximum atomic E-state index is 10.9.